The summed E-state index contributed by atoms with van der Waals surface area (Å²) >= 11 is 0. The molecule has 0 aliphatic carbocycles. The zero-order chi connectivity index (χ0) is 14.6. The first kappa shape index (κ1) is 15.5. The SMILES string of the molecule is CCC(C)NC(=O)C(C)Oc1cc(C)cc(C)c1C. The predicted octanol–water partition coefficient (Wildman–Crippen LogP) is 3.29. The summed E-state index contributed by atoms with van der Waals surface area (Å²) in [5, 5.41) is 2.93. The molecule has 3 heteroatoms. The molecule has 19 heavy (non-hydrogen) atoms. The second kappa shape index (κ2) is 6.60. The standard InChI is InChI=1S/C16H25NO2/c1-7-12(4)17-16(18)14(6)19-15-9-10(2)8-11(3)13(15)5/h8-9,12,14H,7H2,1-6H3,(H,17,18). The number of carbonyl (C=O) groups excluding carboxylic acids is 1. The van der Waals surface area contributed by atoms with Crippen molar-refractivity contribution < 1.29 is 9.53 Å². The Labute approximate surface area is 116 Å². The van der Waals surface area contributed by atoms with Crippen molar-refractivity contribution in [3.05, 3.63) is 28.8 Å². The van der Waals surface area contributed by atoms with Crippen molar-refractivity contribution in [2.45, 2.75) is 60.1 Å². The van der Waals surface area contributed by atoms with E-state index in [4.69, 9.17) is 4.74 Å². The summed E-state index contributed by atoms with van der Waals surface area (Å²) in [6.07, 6.45) is 0.440. The molecule has 0 heterocycles. The summed E-state index contributed by atoms with van der Waals surface area (Å²) in [5.41, 5.74) is 3.42. The quantitative estimate of drug-likeness (QED) is 0.885. The van der Waals surface area contributed by atoms with E-state index in [1.165, 1.54) is 5.56 Å². The van der Waals surface area contributed by atoms with E-state index in [1.54, 1.807) is 6.92 Å². The van der Waals surface area contributed by atoms with E-state index in [9.17, 15) is 4.79 Å². The lowest BCUT2D eigenvalue weighted by Crippen LogP contribution is -2.41. The smallest absolute Gasteiger partial charge is 0.260 e. The Morgan fingerprint density at radius 3 is 2.47 bits per heavy atom. The molecule has 1 amide bonds. The highest BCUT2D eigenvalue weighted by atomic mass is 16.5. The minimum absolute atomic E-state index is 0.0621. The van der Waals surface area contributed by atoms with Crippen LogP contribution in [0, 0.1) is 20.8 Å². The second-order valence-corrected chi connectivity index (χ2v) is 5.28. The Morgan fingerprint density at radius 1 is 1.26 bits per heavy atom. The number of aryl methyl sites for hydroxylation is 2. The minimum atomic E-state index is -0.478. The van der Waals surface area contributed by atoms with Gasteiger partial charge in [-0.1, -0.05) is 13.0 Å². The third-order valence-corrected chi connectivity index (χ3v) is 3.44. The summed E-state index contributed by atoms with van der Waals surface area (Å²) < 4.78 is 5.80. The van der Waals surface area contributed by atoms with Gasteiger partial charge in [0.1, 0.15) is 5.75 Å². The van der Waals surface area contributed by atoms with Crippen molar-refractivity contribution in [1.82, 2.24) is 5.32 Å². The topological polar surface area (TPSA) is 38.3 Å². The molecule has 1 aromatic rings. The summed E-state index contributed by atoms with van der Waals surface area (Å²) in [6, 6.07) is 4.28. The minimum Gasteiger partial charge on any atom is -0.481 e. The predicted molar refractivity (Wildman–Crippen MR) is 78.6 cm³/mol. The summed E-state index contributed by atoms with van der Waals surface area (Å²) in [6.45, 7) is 11.9. The number of ether oxygens (including phenoxy) is 1. The number of amides is 1. The zero-order valence-corrected chi connectivity index (χ0v) is 12.8. The molecule has 0 saturated heterocycles. The Hall–Kier alpha value is -1.51. The highest BCUT2D eigenvalue weighted by molar-refractivity contribution is 5.81. The molecule has 0 spiro atoms. The molecule has 0 fully saturated rings. The van der Waals surface area contributed by atoms with Crippen LogP contribution in [0.5, 0.6) is 5.75 Å². The zero-order valence-electron chi connectivity index (χ0n) is 12.8. The van der Waals surface area contributed by atoms with Crippen LogP contribution >= 0.6 is 0 Å². The van der Waals surface area contributed by atoms with Crippen LogP contribution in [0.25, 0.3) is 0 Å². The van der Waals surface area contributed by atoms with Gasteiger partial charge in [0.25, 0.3) is 5.91 Å². The van der Waals surface area contributed by atoms with Crippen LogP contribution in [-0.4, -0.2) is 18.1 Å². The number of rotatable bonds is 5. The summed E-state index contributed by atoms with van der Waals surface area (Å²) in [7, 11) is 0. The third-order valence-electron chi connectivity index (χ3n) is 3.44. The first-order chi connectivity index (χ1) is 8.85. The van der Waals surface area contributed by atoms with Gasteiger partial charge in [0, 0.05) is 6.04 Å². The van der Waals surface area contributed by atoms with Crippen molar-refractivity contribution in [2.75, 3.05) is 0 Å². The molecule has 0 radical (unpaired) electrons. The van der Waals surface area contributed by atoms with Crippen LogP contribution in [0.2, 0.25) is 0 Å². The average molecular weight is 263 g/mol. The van der Waals surface area contributed by atoms with Gasteiger partial charge >= 0.3 is 0 Å². The van der Waals surface area contributed by atoms with Gasteiger partial charge in [-0.25, -0.2) is 0 Å². The number of carbonyl (C=O) groups is 1. The number of hydrogen-bond donors (Lipinski definition) is 1. The van der Waals surface area contributed by atoms with Crippen molar-refractivity contribution >= 4 is 5.91 Å². The number of hydrogen-bond acceptors (Lipinski definition) is 2. The van der Waals surface area contributed by atoms with Crippen LogP contribution < -0.4 is 10.1 Å². The average Bonchev–Trinajstić information content (AvgIpc) is 2.34. The Morgan fingerprint density at radius 2 is 1.89 bits per heavy atom. The van der Waals surface area contributed by atoms with Crippen LogP contribution in [-0.2, 0) is 4.79 Å². The largest absolute Gasteiger partial charge is 0.481 e. The van der Waals surface area contributed by atoms with E-state index in [0.29, 0.717) is 0 Å². The number of benzene rings is 1. The van der Waals surface area contributed by atoms with Gasteiger partial charge < -0.3 is 10.1 Å². The lowest BCUT2D eigenvalue weighted by molar-refractivity contribution is -0.127. The molecule has 0 aliphatic heterocycles. The first-order valence-electron chi connectivity index (χ1n) is 6.90. The summed E-state index contributed by atoms with van der Waals surface area (Å²) in [4.78, 5) is 12.0. The Balaban J connectivity index is 2.77. The van der Waals surface area contributed by atoms with E-state index < -0.39 is 6.10 Å². The molecule has 0 bridgehead atoms. The van der Waals surface area contributed by atoms with Gasteiger partial charge in [0.2, 0.25) is 0 Å². The molecule has 1 rings (SSSR count). The molecule has 106 valence electrons. The van der Waals surface area contributed by atoms with E-state index in [2.05, 4.69) is 18.3 Å². The molecular formula is C16H25NO2. The lowest BCUT2D eigenvalue weighted by Gasteiger charge is -2.19. The fraction of sp³-hybridized carbons (Fsp3) is 0.562. The van der Waals surface area contributed by atoms with Gasteiger partial charge in [-0.05, 0) is 63.8 Å². The molecule has 2 atom stereocenters. The van der Waals surface area contributed by atoms with E-state index in [0.717, 1.165) is 23.3 Å². The maximum atomic E-state index is 12.0. The van der Waals surface area contributed by atoms with Gasteiger partial charge in [-0.2, -0.15) is 0 Å². The van der Waals surface area contributed by atoms with Gasteiger partial charge in [0.15, 0.2) is 6.10 Å². The second-order valence-electron chi connectivity index (χ2n) is 5.28. The fourth-order valence-corrected chi connectivity index (χ4v) is 1.83. The van der Waals surface area contributed by atoms with Gasteiger partial charge in [0.05, 0.1) is 0 Å². The molecule has 1 N–H and O–H groups in total. The highest BCUT2D eigenvalue weighted by Crippen LogP contribution is 2.24. The molecular weight excluding hydrogens is 238 g/mol. The van der Waals surface area contributed by atoms with Gasteiger partial charge in [-0.15, -0.1) is 0 Å². The van der Waals surface area contributed by atoms with Crippen molar-refractivity contribution in [1.29, 1.82) is 0 Å². The normalized spacial score (nSPS) is 13.8. The fourth-order valence-electron chi connectivity index (χ4n) is 1.83. The maximum absolute atomic E-state index is 12.0. The lowest BCUT2D eigenvalue weighted by atomic mass is 10.1. The van der Waals surface area contributed by atoms with E-state index in [-0.39, 0.29) is 11.9 Å². The third kappa shape index (κ3) is 4.27. The van der Waals surface area contributed by atoms with Crippen LogP contribution in [0.4, 0.5) is 0 Å². The van der Waals surface area contributed by atoms with Crippen LogP contribution in [0.3, 0.4) is 0 Å². The van der Waals surface area contributed by atoms with E-state index >= 15 is 0 Å². The monoisotopic (exact) mass is 263 g/mol. The molecule has 1 aromatic carbocycles. The molecule has 2 unspecified atom stereocenters. The molecule has 0 aromatic heterocycles. The van der Waals surface area contributed by atoms with Crippen LogP contribution in [0.1, 0.15) is 43.9 Å². The van der Waals surface area contributed by atoms with E-state index in [1.807, 2.05) is 33.8 Å². The summed E-state index contributed by atoms with van der Waals surface area (Å²) in [5.74, 6) is 0.734. The molecule has 0 aliphatic rings. The first-order valence-corrected chi connectivity index (χ1v) is 6.90. The van der Waals surface area contributed by atoms with Crippen LogP contribution in [0.15, 0.2) is 12.1 Å². The Kier molecular flexibility index (Phi) is 5.40. The molecule has 0 saturated carbocycles. The number of nitrogens with one attached hydrogen (secondary N) is 1. The van der Waals surface area contributed by atoms with Crippen molar-refractivity contribution in [3.8, 4) is 5.75 Å². The highest BCUT2D eigenvalue weighted by Gasteiger charge is 2.17. The maximum Gasteiger partial charge on any atom is 0.260 e. The van der Waals surface area contributed by atoms with Crippen molar-refractivity contribution in [2.24, 2.45) is 0 Å². The van der Waals surface area contributed by atoms with Gasteiger partial charge in [-0.3, -0.25) is 4.79 Å². The molecule has 3 nitrogen and oxygen atoms in total. The van der Waals surface area contributed by atoms with Crippen molar-refractivity contribution in [3.63, 3.8) is 0 Å². The Bertz CT molecular complexity index is 454.